The summed E-state index contributed by atoms with van der Waals surface area (Å²) in [6, 6.07) is 10.7. The number of carbonyl (C=O) groups is 1. The van der Waals surface area contributed by atoms with Crippen LogP contribution in [0, 0.1) is 17.8 Å². The molecule has 0 radical (unpaired) electrons. The molecule has 5 rings (SSSR count). The number of sulfone groups is 1. The second kappa shape index (κ2) is 14.0. The van der Waals surface area contributed by atoms with E-state index >= 15 is 0 Å². The zero-order chi connectivity index (χ0) is 34.9. The number of alkyl halides is 3. The van der Waals surface area contributed by atoms with E-state index in [1.165, 1.54) is 17.0 Å². The molecule has 48 heavy (non-hydrogen) atoms. The third-order valence-corrected chi connectivity index (χ3v) is 10.5. The summed E-state index contributed by atoms with van der Waals surface area (Å²) in [6.07, 6.45) is 0.360. The zero-order valence-corrected chi connectivity index (χ0v) is 28.5. The molecule has 0 spiro atoms. The first-order chi connectivity index (χ1) is 22.6. The summed E-state index contributed by atoms with van der Waals surface area (Å²) in [5.74, 6) is 4.36. The Labute approximate surface area is 280 Å². The molecular weight excluding hydrogens is 645 g/mol. The minimum atomic E-state index is -4.51. The van der Waals surface area contributed by atoms with E-state index in [4.69, 9.17) is 4.74 Å². The molecule has 13 heteroatoms. The highest BCUT2D eigenvalue weighted by Gasteiger charge is 2.37. The molecule has 9 nitrogen and oxygen atoms in total. The van der Waals surface area contributed by atoms with Crippen LogP contribution < -0.4 is 10.2 Å². The lowest BCUT2D eigenvalue weighted by Crippen LogP contribution is -2.54. The molecule has 1 aromatic heterocycles. The van der Waals surface area contributed by atoms with Gasteiger partial charge in [-0.15, -0.1) is 0 Å². The standard InChI is InChI=1S/C35H43F3N4O5S/c1-24(2)33(44)41(31-11-10-27(22-32(31)43)48(4,45)46)16-6-7-26-21-28-29(8-5-9-30(28)42(26)23-35(36,37)38)39-25-12-14-34(3,15-13-25)40-17-19-47-20-18-40/h5,8-11,21-22,24-25,39,43H,12-20,23H2,1-4H3. The normalized spacial score (nSPS) is 20.8. The van der Waals surface area contributed by atoms with Crippen molar-refractivity contribution in [1.82, 2.24) is 9.47 Å². The predicted octanol–water partition coefficient (Wildman–Crippen LogP) is 5.80. The topological polar surface area (TPSA) is 104 Å². The number of carbonyl (C=O) groups excluding carboxylic acids is 1. The van der Waals surface area contributed by atoms with E-state index in [0.717, 1.165) is 74.6 Å². The number of rotatable bonds is 8. The second-order valence-electron chi connectivity index (χ2n) is 13.3. The van der Waals surface area contributed by atoms with Crippen LogP contribution in [0.2, 0.25) is 0 Å². The van der Waals surface area contributed by atoms with Crippen LogP contribution in [0.25, 0.3) is 10.9 Å². The zero-order valence-electron chi connectivity index (χ0n) is 27.7. The monoisotopic (exact) mass is 688 g/mol. The van der Waals surface area contributed by atoms with Crippen molar-refractivity contribution < 1.29 is 36.2 Å². The Morgan fingerprint density at radius 2 is 1.83 bits per heavy atom. The van der Waals surface area contributed by atoms with Gasteiger partial charge in [-0.25, -0.2) is 8.42 Å². The van der Waals surface area contributed by atoms with E-state index in [2.05, 4.69) is 29.0 Å². The third-order valence-electron chi connectivity index (χ3n) is 9.36. The fourth-order valence-electron chi connectivity index (χ4n) is 6.65. The number of phenolic OH excluding ortho intramolecular Hbond substituents is 1. The molecule has 0 bridgehead atoms. The first kappa shape index (κ1) is 35.6. The van der Waals surface area contributed by atoms with Gasteiger partial charge in [0.05, 0.1) is 41.6 Å². The molecular formula is C35H43F3N4O5S. The van der Waals surface area contributed by atoms with Crippen LogP contribution in [0.15, 0.2) is 47.4 Å². The minimum absolute atomic E-state index is 0.0509. The van der Waals surface area contributed by atoms with Crippen LogP contribution in [0.3, 0.4) is 0 Å². The van der Waals surface area contributed by atoms with Crippen molar-refractivity contribution in [2.24, 2.45) is 5.92 Å². The van der Waals surface area contributed by atoms with Crippen molar-refractivity contribution in [2.45, 2.75) is 75.7 Å². The Morgan fingerprint density at radius 3 is 2.44 bits per heavy atom. The summed E-state index contributed by atoms with van der Waals surface area (Å²) in [5, 5.41) is 14.9. The van der Waals surface area contributed by atoms with E-state index in [1.807, 2.05) is 6.07 Å². The number of amides is 1. The number of aromatic hydroxyl groups is 1. The van der Waals surface area contributed by atoms with Crippen LogP contribution in [0.4, 0.5) is 24.5 Å². The van der Waals surface area contributed by atoms with Crippen molar-refractivity contribution in [3.8, 4) is 17.6 Å². The van der Waals surface area contributed by atoms with Crippen molar-refractivity contribution in [1.29, 1.82) is 0 Å². The predicted molar refractivity (Wildman–Crippen MR) is 180 cm³/mol. The van der Waals surface area contributed by atoms with Gasteiger partial charge in [0.25, 0.3) is 0 Å². The van der Waals surface area contributed by atoms with Crippen molar-refractivity contribution >= 4 is 38.0 Å². The van der Waals surface area contributed by atoms with Gasteiger partial charge in [0.2, 0.25) is 5.91 Å². The summed E-state index contributed by atoms with van der Waals surface area (Å²) in [4.78, 5) is 16.7. The van der Waals surface area contributed by atoms with E-state index in [9.17, 15) is 31.5 Å². The molecule has 1 amide bonds. The number of fused-ring (bicyclic) bond motifs is 1. The Morgan fingerprint density at radius 1 is 1.15 bits per heavy atom. The Balaban J connectivity index is 1.42. The quantitative estimate of drug-likeness (QED) is 0.289. The van der Waals surface area contributed by atoms with E-state index in [0.29, 0.717) is 10.9 Å². The average molecular weight is 689 g/mol. The number of anilines is 2. The van der Waals surface area contributed by atoms with Gasteiger partial charge in [0.15, 0.2) is 9.84 Å². The number of nitrogens with zero attached hydrogens (tertiary/aromatic N) is 3. The molecule has 1 aliphatic carbocycles. The van der Waals surface area contributed by atoms with Gasteiger partial charge >= 0.3 is 6.18 Å². The van der Waals surface area contributed by atoms with Gasteiger partial charge in [-0.05, 0) is 68.9 Å². The van der Waals surface area contributed by atoms with Crippen LogP contribution >= 0.6 is 0 Å². The molecule has 2 aromatic carbocycles. The number of benzene rings is 2. The van der Waals surface area contributed by atoms with E-state index in [-0.39, 0.29) is 34.4 Å². The molecule has 0 atom stereocenters. The Bertz CT molecular complexity index is 1810. The van der Waals surface area contributed by atoms with Gasteiger partial charge in [0.1, 0.15) is 12.3 Å². The molecule has 3 aromatic rings. The number of nitrogens with one attached hydrogen (secondary N) is 1. The van der Waals surface area contributed by atoms with Crippen molar-refractivity contribution in [3.63, 3.8) is 0 Å². The van der Waals surface area contributed by atoms with E-state index in [1.54, 1.807) is 32.0 Å². The van der Waals surface area contributed by atoms with Gasteiger partial charge in [-0.1, -0.05) is 25.8 Å². The summed E-state index contributed by atoms with van der Waals surface area (Å²) in [6.45, 7) is 7.47. The Kier molecular flexibility index (Phi) is 10.4. The average Bonchev–Trinajstić information content (AvgIpc) is 3.37. The van der Waals surface area contributed by atoms with Gasteiger partial charge in [0, 0.05) is 54.0 Å². The second-order valence-corrected chi connectivity index (χ2v) is 15.3. The highest BCUT2D eigenvalue weighted by Crippen LogP contribution is 2.37. The summed E-state index contributed by atoms with van der Waals surface area (Å²) < 4.78 is 72.1. The number of aromatic nitrogens is 1. The number of phenols is 1. The number of morpholine rings is 1. The van der Waals surface area contributed by atoms with Gasteiger partial charge in [-0.3, -0.25) is 14.6 Å². The first-order valence-corrected chi connectivity index (χ1v) is 18.1. The Hall–Kier alpha value is -3.73. The molecule has 260 valence electrons. The van der Waals surface area contributed by atoms with Crippen LogP contribution in [-0.4, -0.2) is 85.8 Å². The highest BCUT2D eigenvalue weighted by atomic mass is 32.2. The molecule has 1 aliphatic heterocycles. The number of hydrogen-bond donors (Lipinski definition) is 2. The maximum absolute atomic E-state index is 13.8. The van der Waals surface area contributed by atoms with Gasteiger partial charge in [-0.2, -0.15) is 13.2 Å². The molecule has 2 aliphatic rings. The van der Waals surface area contributed by atoms with Crippen LogP contribution in [0.5, 0.6) is 5.75 Å². The lowest BCUT2D eigenvalue weighted by molar-refractivity contribution is -0.140. The third kappa shape index (κ3) is 8.10. The van der Waals surface area contributed by atoms with Gasteiger partial charge < -0.3 is 19.7 Å². The molecule has 2 fully saturated rings. The van der Waals surface area contributed by atoms with E-state index < -0.39 is 40.1 Å². The number of ether oxygens (including phenoxy) is 1. The fourth-order valence-corrected chi connectivity index (χ4v) is 7.29. The summed E-state index contributed by atoms with van der Waals surface area (Å²) in [5.41, 5.74) is 1.41. The summed E-state index contributed by atoms with van der Waals surface area (Å²) >= 11 is 0. The highest BCUT2D eigenvalue weighted by molar-refractivity contribution is 7.90. The van der Waals surface area contributed by atoms with Crippen LogP contribution in [0.1, 0.15) is 52.1 Å². The maximum atomic E-state index is 13.8. The molecule has 1 saturated carbocycles. The SMILES string of the molecule is CC(C)C(=O)N(CC#Cc1cc2c(NC3CCC(C)(N4CCOCC4)CC3)cccc2n1CC(F)(F)F)c1ccc(S(C)(=O)=O)cc1O. The molecule has 2 heterocycles. The first-order valence-electron chi connectivity index (χ1n) is 16.2. The lowest BCUT2D eigenvalue weighted by Gasteiger charge is -2.47. The lowest BCUT2D eigenvalue weighted by atomic mass is 9.79. The number of halogens is 3. The van der Waals surface area contributed by atoms with Crippen molar-refractivity contribution in [2.75, 3.05) is 49.3 Å². The maximum Gasteiger partial charge on any atom is 0.406 e. The largest absolute Gasteiger partial charge is 0.506 e. The van der Waals surface area contributed by atoms with Crippen molar-refractivity contribution in [3.05, 3.63) is 48.2 Å². The smallest absolute Gasteiger partial charge is 0.406 e. The molecule has 1 saturated heterocycles. The molecule has 2 N–H and O–H groups in total. The summed E-state index contributed by atoms with van der Waals surface area (Å²) in [7, 11) is -3.61. The van der Waals surface area contributed by atoms with Crippen LogP contribution in [-0.2, 0) is 25.9 Å². The minimum Gasteiger partial charge on any atom is -0.506 e. The molecule has 0 unspecified atom stereocenters. The number of hydrogen-bond acceptors (Lipinski definition) is 7. The fraction of sp³-hybridized carbons (Fsp3) is 0.514.